The van der Waals surface area contributed by atoms with Gasteiger partial charge in [-0.2, -0.15) is 0 Å². The standard InChI is InChI=1S/C15H15Cl2NO3S/c1-2-21-14-5-3-4-13(9-14)18-22(19,20)10-11-6-7-12(16)8-15(11)17/h3-9,18H,2,10H2,1H3. The highest BCUT2D eigenvalue weighted by molar-refractivity contribution is 7.91. The molecule has 0 heterocycles. The van der Waals surface area contributed by atoms with E-state index in [9.17, 15) is 8.42 Å². The van der Waals surface area contributed by atoms with Crippen molar-refractivity contribution in [1.82, 2.24) is 0 Å². The molecule has 0 saturated carbocycles. The molecule has 2 aromatic carbocycles. The van der Waals surface area contributed by atoms with Gasteiger partial charge in [0.2, 0.25) is 10.0 Å². The summed E-state index contributed by atoms with van der Waals surface area (Å²) in [5.74, 6) is 0.370. The van der Waals surface area contributed by atoms with Crippen LogP contribution in [0.1, 0.15) is 12.5 Å². The maximum absolute atomic E-state index is 12.2. The summed E-state index contributed by atoms with van der Waals surface area (Å²) in [7, 11) is -3.59. The molecule has 118 valence electrons. The van der Waals surface area contributed by atoms with E-state index in [1.54, 1.807) is 36.4 Å². The second-order valence-electron chi connectivity index (χ2n) is 4.56. The average molecular weight is 360 g/mol. The molecule has 0 atom stereocenters. The Hall–Kier alpha value is -1.43. The van der Waals surface area contributed by atoms with E-state index in [0.29, 0.717) is 33.7 Å². The molecule has 0 aliphatic carbocycles. The fourth-order valence-corrected chi connectivity index (χ4v) is 3.65. The van der Waals surface area contributed by atoms with Crippen molar-refractivity contribution in [2.45, 2.75) is 12.7 Å². The lowest BCUT2D eigenvalue weighted by Crippen LogP contribution is -2.15. The van der Waals surface area contributed by atoms with Crippen LogP contribution in [0.4, 0.5) is 5.69 Å². The minimum Gasteiger partial charge on any atom is -0.494 e. The summed E-state index contributed by atoms with van der Waals surface area (Å²) in [5, 5.41) is 0.782. The zero-order valence-corrected chi connectivity index (χ0v) is 14.2. The number of rotatable bonds is 6. The highest BCUT2D eigenvalue weighted by atomic mass is 35.5. The Balaban J connectivity index is 2.15. The first-order chi connectivity index (χ1) is 10.4. The monoisotopic (exact) mass is 359 g/mol. The average Bonchev–Trinajstić information content (AvgIpc) is 2.42. The molecule has 0 amide bonds. The van der Waals surface area contributed by atoms with Gasteiger partial charge < -0.3 is 4.74 Å². The zero-order chi connectivity index (χ0) is 16.2. The second kappa shape index (κ2) is 7.22. The lowest BCUT2D eigenvalue weighted by Gasteiger charge is -2.11. The minimum absolute atomic E-state index is 0.234. The predicted molar refractivity (Wildman–Crippen MR) is 90.3 cm³/mol. The van der Waals surface area contributed by atoms with E-state index in [2.05, 4.69) is 4.72 Å². The van der Waals surface area contributed by atoms with Crippen molar-refractivity contribution < 1.29 is 13.2 Å². The number of anilines is 1. The fourth-order valence-electron chi connectivity index (χ4n) is 1.88. The molecule has 7 heteroatoms. The van der Waals surface area contributed by atoms with E-state index in [0.717, 1.165) is 0 Å². The molecule has 0 unspecified atom stereocenters. The Labute approximate surface area is 140 Å². The van der Waals surface area contributed by atoms with Crippen LogP contribution >= 0.6 is 23.2 Å². The zero-order valence-electron chi connectivity index (χ0n) is 11.8. The Morgan fingerprint density at radius 1 is 1.14 bits per heavy atom. The number of hydrogen-bond acceptors (Lipinski definition) is 3. The van der Waals surface area contributed by atoms with E-state index in [4.69, 9.17) is 27.9 Å². The van der Waals surface area contributed by atoms with Gasteiger partial charge in [0.1, 0.15) is 5.75 Å². The first-order valence-electron chi connectivity index (χ1n) is 6.57. The van der Waals surface area contributed by atoms with Crippen molar-refractivity contribution in [3.63, 3.8) is 0 Å². The third-order valence-corrected chi connectivity index (χ3v) is 4.60. The van der Waals surface area contributed by atoms with Crippen molar-refractivity contribution in [2.75, 3.05) is 11.3 Å². The third kappa shape index (κ3) is 4.80. The Kier molecular flexibility index (Phi) is 5.56. The lowest BCUT2D eigenvalue weighted by molar-refractivity contribution is 0.340. The van der Waals surface area contributed by atoms with Crippen LogP contribution in [0, 0.1) is 0 Å². The van der Waals surface area contributed by atoms with Crippen molar-refractivity contribution >= 4 is 38.9 Å². The molecule has 0 bridgehead atoms. The van der Waals surface area contributed by atoms with Gasteiger partial charge in [0.15, 0.2) is 0 Å². The van der Waals surface area contributed by atoms with Gasteiger partial charge in [0.05, 0.1) is 18.0 Å². The second-order valence-corrected chi connectivity index (χ2v) is 7.12. The summed E-state index contributed by atoms with van der Waals surface area (Å²) in [6, 6.07) is 11.5. The van der Waals surface area contributed by atoms with Gasteiger partial charge in [0.25, 0.3) is 0 Å². The van der Waals surface area contributed by atoms with Gasteiger partial charge in [-0.1, -0.05) is 35.3 Å². The van der Waals surface area contributed by atoms with E-state index >= 15 is 0 Å². The largest absolute Gasteiger partial charge is 0.494 e. The molecular formula is C15H15Cl2NO3S. The quantitative estimate of drug-likeness (QED) is 0.834. The predicted octanol–water partition coefficient (Wildman–Crippen LogP) is 4.33. The first kappa shape index (κ1) is 16.9. The normalized spacial score (nSPS) is 11.2. The van der Waals surface area contributed by atoms with Crippen LogP contribution in [-0.4, -0.2) is 15.0 Å². The molecule has 0 saturated heterocycles. The third-order valence-electron chi connectivity index (χ3n) is 2.78. The first-order valence-corrected chi connectivity index (χ1v) is 8.98. The Morgan fingerprint density at radius 3 is 2.59 bits per heavy atom. The van der Waals surface area contributed by atoms with Gasteiger partial charge >= 0.3 is 0 Å². The Morgan fingerprint density at radius 2 is 1.91 bits per heavy atom. The topological polar surface area (TPSA) is 55.4 Å². The summed E-state index contributed by atoms with van der Waals surface area (Å²) in [4.78, 5) is 0. The molecule has 0 aliphatic rings. The number of sulfonamides is 1. The summed E-state index contributed by atoms with van der Waals surface area (Å²) < 4.78 is 32.3. The molecule has 2 rings (SSSR count). The van der Waals surface area contributed by atoms with Gasteiger partial charge in [-0.15, -0.1) is 0 Å². The number of benzene rings is 2. The maximum Gasteiger partial charge on any atom is 0.236 e. The van der Waals surface area contributed by atoms with E-state index < -0.39 is 10.0 Å². The van der Waals surface area contributed by atoms with Crippen LogP contribution < -0.4 is 9.46 Å². The minimum atomic E-state index is -3.59. The van der Waals surface area contributed by atoms with Crippen LogP contribution in [0.5, 0.6) is 5.75 Å². The van der Waals surface area contributed by atoms with Crippen LogP contribution in [-0.2, 0) is 15.8 Å². The van der Waals surface area contributed by atoms with Gasteiger partial charge in [-0.05, 0) is 36.8 Å². The number of halogens is 2. The van der Waals surface area contributed by atoms with Crippen molar-refractivity contribution in [3.8, 4) is 5.75 Å². The number of hydrogen-bond donors (Lipinski definition) is 1. The van der Waals surface area contributed by atoms with Crippen molar-refractivity contribution in [2.24, 2.45) is 0 Å². The molecule has 0 fully saturated rings. The fraction of sp³-hybridized carbons (Fsp3) is 0.200. The van der Waals surface area contributed by atoms with Gasteiger partial charge in [0, 0.05) is 16.1 Å². The molecule has 4 nitrogen and oxygen atoms in total. The van der Waals surface area contributed by atoms with E-state index in [1.165, 1.54) is 6.07 Å². The SMILES string of the molecule is CCOc1cccc(NS(=O)(=O)Cc2ccc(Cl)cc2Cl)c1. The highest BCUT2D eigenvalue weighted by Crippen LogP contribution is 2.24. The summed E-state index contributed by atoms with van der Waals surface area (Å²) in [5.41, 5.74) is 0.926. The van der Waals surface area contributed by atoms with Crippen LogP contribution in [0.3, 0.4) is 0 Å². The molecule has 22 heavy (non-hydrogen) atoms. The van der Waals surface area contributed by atoms with Gasteiger partial charge in [-0.3, -0.25) is 4.72 Å². The molecular weight excluding hydrogens is 345 g/mol. The van der Waals surface area contributed by atoms with Crippen molar-refractivity contribution in [3.05, 3.63) is 58.1 Å². The number of nitrogens with one attached hydrogen (secondary N) is 1. The Bertz CT molecular complexity index is 763. The molecule has 1 N–H and O–H groups in total. The molecule has 0 aromatic heterocycles. The molecule has 0 spiro atoms. The van der Waals surface area contributed by atoms with Gasteiger partial charge in [-0.25, -0.2) is 8.42 Å². The molecule has 0 aliphatic heterocycles. The highest BCUT2D eigenvalue weighted by Gasteiger charge is 2.14. The lowest BCUT2D eigenvalue weighted by atomic mass is 10.2. The smallest absolute Gasteiger partial charge is 0.236 e. The maximum atomic E-state index is 12.2. The van der Waals surface area contributed by atoms with Crippen molar-refractivity contribution in [1.29, 1.82) is 0 Å². The molecule has 2 aromatic rings. The summed E-state index contributed by atoms with van der Waals surface area (Å²) >= 11 is 11.8. The van der Waals surface area contributed by atoms with E-state index in [1.807, 2.05) is 6.92 Å². The van der Waals surface area contributed by atoms with Crippen LogP contribution in [0.25, 0.3) is 0 Å². The molecule has 0 radical (unpaired) electrons. The summed E-state index contributed by atoms with van der Waals surface area (Å²) in [6.45, 7) is 2.37. The summed E-state index contributed by atoms with van der Waals surface area (Å²) in [6.07, 6.45) is 0. The number of ether oxygens (including phenoxy) is 1. The van der Waals surface area contributed by atoms with Crippen LogP contribution in [0.15, 0.2) is 42.5 Å². The van der Waals surface area contributed by atoms with Crippen LogP contribution in [0.2, 0.25) is 10.0 Å². The van der Waals surface area contributed by atoms with E-state index in [-0.39, 0.29) is 5.75 Å².